The van der Waals surface area contributed by atoms with Gasteiger partial charge in [0.2, 0.25) is 5.91 Å². The Morgan fingerprint density at radius 3 is 2.76 bits per heavy atom. The maximum absolute atomic E-state index is 12.0. The van der Waals surface area contributed by atoms with Gasteiger partial charge in [0.15, 0.2) is 0 Å². The van der Waals surface area contributed by atoms with Crippen molar-refractivity contribution in [1.82, 2.24) is 14.9 Å². The Labute approximate surface area is 123 Å². The maximum atomic E-state index is 12.0. The highest BCUT2D eigenvalue weighted by Crippen LogP contribution is 2.29. The van der Waals surface area contributed by atoms with E-state index in [-0.39, 0.29) is 5.91 Å². The third-order valence-electron chi connectivity index (χ3n) is 4.10. The summed E-state index contributed by atoms with van der Waals surface area (Å²) in [4.78, 5) is 21.9. The van der Waals surface area contributed by atoms with Gasteiger partial charge in [-0.2, -0.15) is 0 Å². The number of hydrogen-bond acceptors (Lipinski definition) is 5. The number of carbonyl (C=O) groups excluding carboxylic acids is 1. The molecule has 6 heteroatoms. The average molecular weight is 289 g/mol. The fourth-order valence-electron chi connectivity index (χ4n) is 2.71. The molecule has 1 aromatic rings. The zero-order valence-electron chi connectivity index (χ0n) is 12.1. The topological polar surface area (TPSA) is 64.5 Å². The van der Waals surface area contributed by atoms with Gasteiger partial charge >= 0.3 is 6.01 Å². The molecule has 1 amide bonds. The van der Waals surface area contributed by atoms with Crippen molar-refractivity contribution in [2.75, 3.05) is 33.4 Å². The zero-order chi connectivity index (χ0) is 14.7. The number of aromatic nitrogens is 2. The number of likely N-dealkylation sites (tertiary alicyclic amines) is 1. The molecule has 2 aliphatic heterocycles. The minimum absolute atomic E-state index is 0.0426. The highest BCUT2D eigenvalue weighted by atomic mass is 16.5. The molecule has 1 aromatic heterocycles. The molecule has 2 saturated heterocycles. The van der Waals surface area contributed by atoms with Gasteiger partial charge in [0.05, 0.1) is 7.11 Å². The first-order valence-electron chi connectivity index (χ1n) is 7.17. The number of hydrogen-bond donors (Lipinski definition) is 0. The van der Waals surface area contributed by atoms with E-state index in [0.29, 0.717) is 17.8 Å². The minimum Gasteiger partial charge on any atom is -0.467 e. The lowest BCUT2D eigenvalue weighted by Gasteiger charge is -2.41. The van der Waals surface area contributed by atoms with E-state index in [4.69, 9.17) is 9.47 Å². The van der Waals surface area contributed by atoms with E-state index < -0.39 is 0 Å². The largest absolute Gasteiger partial charge is 0.467 e. The van der Waals surface area contributed by atoms with Gasteiger partial charge in [0.25, 0.3) is 0 Å². The van der Waals surface area contributed by atoms with Crippen molar-refractivity contribution in [3.05, 3.63) is 24.0 Å². The molecule has 2 aliphatic rings. The van der Waals surface area contributed by atoms with Crippen molar-refractivity contribution in [1.29, 1.82) is 0 Å². The molecule has 1 unspecified atom stereocenters. The van der Waals surface area contributed by atoms with Crippen molar-refractivity contribution in [2.45, 2.75) is 6.42 Å². The van der Waals surface area contributed by atoms with Crippen molar-refractivity contribution in [3.63, 3.8) is 0 Å². The minimum atomic E-state index is 0.0426. The number of nitrogens with zero attached hydrogens (tertiary/aromatic N) is 3. The predicted octanol–water partition coefficient (Wildman–Crippen LogP) is 0.993. The fourth-order valence-corrected chi connectivity index (χ4v) is 2.71. The second kappa shape index (κ2) is 6.22. The number of carbonyl (C=O) groups is 1. The molecule has 2 fully saturated rings. The Morgan fingerprint density at radius 1 is 1.38 bits per heavy atom. The molecule has 0 aromatic carbocycles. The third kappa shape index (κ3) is 3.21. The molecule has 0 saturated carbocycles. The summed E-state index contributed by atoms with van der Waals surface area (Å²) in [5, 5.41) is 0. The SMILES string of the molecule is COc1ncc(/C=C/C(=O)N2CC(C3CCOC3)C2)cn1. The van der Waals surface area contributed by atoms with Crippen LogP contribution in [0.25, 0.3) is 6.08 Å². The fraction of sp³-hybridized carbons (Fsp3) is 0.533. The molecule has 0 spiro atoms. The summed E-state index contributed by atoms with van der Waals surface area (Å²) in [6.07, 6.45) is 7.70. The van der Waals surface area contributed by atoms with Crippen LogP contribution >= 0.6 is 0 Å². The van der Waals surface area contributed by atoms with E-state index in [1.807, 2.05) is 4.90 Å². The van der Waals surface area contributed by atoms with E-state index in [1.54, 1.807) is 24.5 Å². The van der Waals surface area contributed by atoms with Crippen LogP contribution in [0.2, 0.25) is 0 Å². The van der Waals surface area contributed by atoms with Crippen LogP contribution in [0, 0.1) is 11.8 Å². The molecule has 0 aliphatic carbocycles. The molecule has 3 heterocycles. The summed E-state index contributed by atoms with van der Waals surface area (Å²) in [5.41, 5.74) is 0.783. The van der Waals surface area contributed by atoms with Gasteiger partial charge in [-0.05, 0) is 24.3 Å². The summed E-state index contributed by atoms with van der Waals surface area (Å²) < 4.78 is 10.3. The van der Waals surface area contributed by atoms with E-state index in [9.17, 15) is 4.79 Å². The Kier molecular flexibility index (Phi) is 4.15. The summed E-state index contributed by atoms with van der Waals surface area (Å²) in [7, 11) is 1.52. The lowest BCUT2D eigenvalue weighted by molar-refractivity contribution is -0.133. The van der Waals surface area contributed by atoms with Gasteiger partial charge in [-0.3, -0.25) is 4.79 Å². The Hall–Kier alpha value is -1.95. The molecule has 0 N–H and O–H groups in total. The average Bonchev–Trinajstić information content (AvgIpc) is 2.98. The summed E-state index contributed by atoms with van der Waals surface area (Å²) in [6, 6.07) is 0.322. The van der Waals surface area contributed by atoms with Crippen LogP contribution in [-0.4, -0.2) is 54.2 Å². The quantitative estimate of drug-likeness (QED) is 0.774. The van der Waals surface area contributed by atoms with Crippen molar-refractivity contribution in [3.8, 4) is 6.01 Å². The second-order valence-corrected chi connectivity index (χ2v) is 5.46. The van der Waals surface area contributed by atoms with Gasteiger partial charge in [0, 0.05) is 50.3 Å². The molecule has 0 bridgehead atoms. The second-order valence-electron chi connectivity index (χ2n) is 5.46. The Morgan fingerprint density at radius 2 is 2.14 bits per heavy atom. The van der Waals surface area contributed by atoms with Gasteiger partial charge < -0.3 is 14.4 Å². The molecule has 6 nitrogen and oxygen atoms in total. The molecule has 112 valence electrons. The van der Waals surface area contributed by atoms with Gasteiger partial charge in [-0.25, -0.2) is 9.97 Å². The Balaban J connectivity index is 1.49. The number of rotatable bonds is 4. The van der Waals surface area contributed by atoms with Crippen LogP contribution in [0.4, 0.5) is 0 Å². The van der Waals surface area contributed by atoms with Gasteiger partial charge in [-0.1, -0.05) is 0 Å². The zero-order valence-corrected chi connectivity index (χ0v) is 12.1. The molecular formula is C15H19N3O3. The van der Waals surface area contributed by atoms with E-state index in [0.717, 1.165) is 38.3 Å². The first-order valence-corrected chi connectivity index (χ1v) is 7.17. The highest BCUT2D eigenvalue weighted by Gasteiger charge is 2.36. The van der Waals surface area contributed by atoms with Crippen molar-refractivity contribution in [2.24, 2.45) is 11.8 Å². The van der Waals surface area contributed by atoms with Crippen LogP contribution in [0.5, 0.6) is 6.01 Å². The van der Waals surface area contributed by atoms with E-state index in [1.165, 1.54) is 7.11 Å². The summed E-state index contributed by atoms with van der Waals surface area (Å²) in [5.74, 6) is 1.28. The predicted molar refractivity (Wildman–Crippen MR) is 76.6 cm³/mol. The first kappa shape index (κ1) is 14.0. The standard InChI is InChI=1S/C15H19N3O3/c1-20-15-16-6-11(7-17-15)2-3-14(19)18-8-13(9-18)12-4-5-21-10-12/h2-3,6-7,12-13H,4-5,8-10H2,1H3/b3-2+. The van der Waals surface area contributed by atoms with Crippen LogP contribution in [0.15, 0.2) is 18.5 Å². The van der Waals surface area contributed by atoms with E-state index in [2.05, 4.69) is 9.97 Å². The molecule has 0 radical (unpaired) electrons. The highest BCUT2D eigenvalue weighted by molar-refractivity contribution is 5.92. The lowest BCUT2D eigenvalue weighted by Crippen LogP contribution is -2.52. The van der Waals surface area contributed by atoms with Gasteiger partial charge in [0.1, 0.15) is 0 Å². The third-order valence-corrected chi connectivity index (χ3v) is 4.10. The van der Waals surface area contributed by atoms with Crippen LogP contribution in [0.3, 0.4) is 0 Å². The monoisotopic (exact) mass is 289 g/mol. The molecule has 1 atom stereocenters. The maximum Gasteiger partial charge on any atom is 0.316 e. The normalized spacial score (nSPS) is 22.5. The van der Waals surface area contributed by atoms with Crippen molar-refractivity contribution < 1.29 is 14.3 Å². The Bertz CT molecular complexity index is 517. The summed E-state index contributed by atoms with van der Waals surface area (Å²) >= 11 is 0. The molecule has 21 heavy (non-hydrogen) atoms. The summed E-state index contributed by atoms with van der Waals surface area (Å²) in [6.45, 7) is 3.41. The van der Waals surface area contributed by atoms with Crippen molar-refractivity contribution >= 4 is 12.0 Å². The number of amides is 1. The van der Waals surface area contributed by atoms with Crippen LogP contribution < -0.4 is 4.74 Å². The molecular weight excluding hydrogens is 270 g/mol. The number of ether oxygens (including phenoxy) is 2. The van der Waals surface area contributed by atoms with Gasteiger partial charge in [-0.15, -0.1) is 0 Å². The van der Waals surface area contributed by atoms with Crippen LogP contribution in [-0.2, 0) is 9.53 Å². The van der Waals surface area contributed by atoms with Crippen LogP contribution in [0.1, 0.15) is 12.0 Å². The number of methoxy groups -OCH3 is 1. The van der Waals surface area contributed by atoms with E-state index >= 15 is 0 Å². The smallest absolute Gasteiger partial charge is 0.316 e. The first-order chi connectivity index (χ1) is 10.3. The lowest BCUT2D eigenvalue weighted by atomic mass is 9.85. The molecule has 3 rings (SSSR count).